The molecule has 7 nitrogen and oxygen atoms in total. The number of fused-ring (bicyclic) bond motifs is 1. The Bertz CT molecular complexity index is 1070. The monoisotopic (exact) mass is 472 g/mol. The summed E-state index contributed by atoms with van der Waals surface area (Å²) >= 11 is 0. The second-order valence-electron chi connectivity index (χ2n) is 7.48. The number of carbonyl (C=O) groups is 1. The highest BCUT2D eigenvalue weighted by atomic mass is 32.2. The minimum Gasteiger partial charge on any atom is -0.472 e. The van der Waals surface area contributed by atoms with Crippen LogP contribution in [0.2, 0.25) is 0 Å². The first-order chi connectivity index (χ1) is 15.0. The first-order valence-electron chi connectivity index (χ1n) is 9.90. The summed E-state index contributed by atoms with van der Waals surface area (Å²) in [4.78, 5) is 14.2. The van der Waals surface area contributed by atoms with E-state index in [1.54, 1.807) is 18.2 Å². The van der Waals surface area contributed by atoms with Crippen molar-refractivity contribution in [3.63, 3.8) is 0 Å². The van der Waals surface area contributed by atoms with Gasteiger partial charge in [0, 0.05) is 18.7 Å². The van der Waals surface area contributed by atoms with E-state index in [2.05, 4.69) is 9.08 Å². The van der Waals surface area contributed by atoms with Gasteiger partial charge in [0.15, 0.2) is 5.78 Å². The van der Waals surface area contributed by atoms with Gasteiger partial charge in [0.2, 0.25) is 0 Å². The van der Waals surface area contributed by atoms with E-state index in [0.717, 1.165) is 17.7 Å². The fourth-order valence-corrected chi connectivity index (χ4v) is 3.81. The first kappa shape index (κ1) is 24.0. The van der Waals surface area contributed by atoms with E-state index in [-0.39, 0.29) is 11.5 Å². The lowest BCUT2D eigenvalue weighted by Gasteiger charge is -2.29. The number of hydrogen-bond donors (Lipinski definition) is 1. The van der Waals surface area contributed by atoms with E-state index in [1.807, 2.05) is 0 Å². The van der Waals surface area contributed by atoms with Crippen molar-refractivity contribution in [2.45, 2.75) is 37.4 Å². The molecule has 174 valence electrons. The molecule has 0 saturated carbocycles. The Kier molecular flexibility index (Phi) is 7.42. The number of benzene rings is 1. The van der Waals surface area contributed by atoms with Crippen molar-refractivity contribution in [3.05, 3.63) is 59.6 Å². The topological polar surface area (TPSA) is 103 Å². The van der Waals surface area contributed by atoms with Gasteiger partial charge in [-0.15, -0.1) is 0 Å². The van der Waals surface area contributed by atoms with Crippen molar-refractivity contribution < 1.29 is 35.0 Å². The SMILES string of the molecule is NC(CCCN1CCc2ccc(OS(=O)(=O)C(F)(F)F)cc2C1)C(=O)/C=C/c1ccoc1. The lowest BCUT2D eigenvalue weighted by Crippen LogP contribution is -2.34. The molecule has 1 aromatic carbocycles. The Morgan fingerprint density at radius 1 is 1.28 bits per heavy atom. The van der Waals surface area contributed by atoms with Gasteiger partial charge in [0.1, 0.15) is 5.75 Å². The zero-order chi connectivity index (χ0) is 23.4. The molecule has 0 radical (unpaired) electrons. The highest BCUT2D eigenvalue weighted by Gasteiger charge is 2.48. The lowest BCUT2D eigenvalue weighted by atomic mass is 9.99. The van der Waals surface area contributed by atoms with Gasteiger partial charge in [-0.1, -0.05) is 6.07 Å². The van der Waals surface area contributed by atoms with Crippen molar-refractivity contribution in [3.8, 4) is 5.75 Å². The minimum absolute atomic E-state index is 0.192. The van der Waals surface area contributed by atoms with Crippen LogP contribution in [0.15, 0.2) is 47.3 Å². The molecular weight excluding hydrogens is 449 g/mol. The molecule has 32 heavy (non-hydrogen) atoms. The van der Waals surface area contributed by atoms with Gasteiger partial charge in [-0.3, -0.25) is 9.69 Å². The molecule has 0 amide bonds. The number of hydrogen-bond acceptors (Lipinski definition) is 7. The largest absolute Gasteiger partial charge is 0.534 e. The number of halogens is 3. The van der Waals surface area contributed by atoms with Crippen LogP contribution in [0.25, 0.3) is 6.08 Å². The maximum absolute atomic E-state index is 12.5. The maximum atomic E-state index is 12.5. The summed E-state index contributed by atoms with van der Waals surface area (Å²) in [5.41, 5.74) is 2.86. The van der Waals surface area contributed by atoms with Crippen LogP contribution in [0.1, 0.15) is 29.5 Å². The van der Waals surface area contributed by atoms with Gasteiger partial charge in [-0.05, 0) is 67.3 Å². The normalized spacial score (nSPS) is 16.1. The minimum atomic E-state index is -5.71. The molecular formula is C21H23F3N2O5S. The van der Waals surface area contributed by atoms with Crippen LogP contribution in [-0.2, 0) is 27.9 Å². The lowest BCUT2D eigenvalue weighted by molar-refractivity contribution is -0.115. The summed E-state index contributed by atoms with van der Waals surface area (Å²) in [5, 5.41) is 0. The molecule has 3 rings (SSSR count). The molecule has 1 aliphatic heterocycles. The van der Waals surface area contributed by atoms with Crippen molar-refractivity contribution in [1.29, 1.82) is 0 Å². The maximum Gasteiger partial charge on any atom is 0.534 e. The second-order valence-corrected chi connectivity index (χ2v) is 9.02. The molecule has 1 aliphatic rings. The van der Waals surface area contributed by atoms with E-state index in [1.165, 1.54) is 30.7 Å². The summed E-state index contributed by atoms with van der Waals surface area (Å²) in [6, 6.07) is 5.20. The first-order valence-corrected chi connectivity index (χ1v) is 11.3. The average molecular weight is 472 g/mol. The summed E-state index contributed by atoms with van der Waals surface area (Å²) in [6.45, 7) is 1.80. The summed E-state index contributed by atoms with van der Waals surface area (Å²) < 4.78 is 69.2. The molecule has 0 fully saturated rings. The Morgan fingerprint density at radius 2 is 2.06 bits per heavy atom. The van der Waals surface area contributed by atoms with Gasteiger partial charge in [0.05, 0.1) is 18.6 Å². The molecule has 2 N–H and O–H groups in total. The van der Waals surface area contributed by atoms with E-state index in [0.29, 0.717) is 37.9 Å². The fourth-order valence-electron chi connectivity index (χ4n) is 3.36. The number of carbonyl (C=O) groups excluding carboxylic acids is 1. The predicted molar refractivity (Wildman–Crippen MR) is 111 cm³/mol. The van der Waals surface area contributed by atoms with E-state index in [9.17, 15) is 26.4 Å². The van der Waals surface area contributed by atoms with E-state index in [4.69, 9.17) is 10.2 Å². The predicted octanol–water partition coefficient (Wildman–Crippen LogP) is 3.26. The van der Waals surface area contributed by atoms with Crippen LogP contribution < -0.4 is 9.92 Å². The third-order valence-corrected chi connectivity index (χ3v) is 6.08. The van der Waals surface area contributed by atoms with Crippen LogP contribution in [0.3, 0.4) is 0 Å². The fraction of sp³-hybridized carbons (Fsp3) is 0.381. The summed E-state index contributed by atoms with van der Waals surface area (Å²) in [5.74, 6) is -0.567. The molecule has 0 aliphatic carbocycles. The summed E-state index contributed by atoms with van der Waals surface area (Å²) in [7, 11) is -5.71. The van der Waals surface area contributed by atoms with Gasteiger partial charge in [0.25, 0.3) is 0 Å². The zero-order valence-electron chi connectivity index (χ0n) is 17.0. The van der Waals surface area contributed by atoms with Crippen LogP contribution in [0.5, 0.6) is 5.75 Å². The number of ketones is 1. The Balaban J connectivity index is 1.51. The van der Waals surface area contributed by atoms with Crippen LogP contribution in [-0.4, -0.2) is 43.7 Å². The number of rotatable bonds is 9. The molecule has 0 spiro atoms. The third-order valence-electron chi connectivity index (χ3n) is 5.10. The number of alkyl halides is 3. The molecule has 2 aromatic rings. The molecule has 1 atom stereocenters. The quantitative estimate of drug-likeness (QED) is 0.340. The van der Waals surface area contributed by atoms with Crippen molar-refractivity contribution >= 4 is 22.0 Å². The van der Waals surface area contributed by atoms with Gasteiger partial charge < -0.3 is 14.3 Å². The van der Waals surface area contributed by atoms with Gasteiger partial charge >= 0.3 is 15.6 Å². The highest BCUT2D eigenvalue weighted by molar-refractivity contribution is 7.88. The smallest absolute Gasteiger partial charge is 0.472 e. The molecule has 11 heteroatoms. The Morgan fingerprint density at radius 3 is 2.75 bits per heavy atom. The van der Waals surface area contributed by atoms with Crippen LogP contribution in [0.4, 0.5) is 13.2 Å². The molecule has 0 bridgehead atoms. The van der Waals surface area contributed by atoms with E-state index < -0.39 is 21.7 Å². The Hall–Kier alpha value is -2.63. The van der Waals surface area contributed by atoms with Crippen LogP contribution >= 0.6 is 0 Å². The van der Waals surface area contributed by atoms with Crippen molar-refractivity contribution in [2.75, 3.05) is 13.1 Å². The van der Waals surface area contributed by atoms with E-state index >= 15 is 0 Å². The molecule has 2 heterocycles. The van der Waals surface area contributed by atoms with Gasteiger partial charge in [-0.2, -0.15) is 21.6 Å². The second kappa shape index (κ2) is 9.88. The average Bonchev–Trinajstić information content (AvgIpc) is 3.24. The molecule has 1 aromatic heterocycles. The number of furan rings is 1. The Labute approximate surface area is 183 Å². The zero-order valence-corrected chi connectivity index (χ0v) is 17.9. The van der Waals surface area contributed by atoms with Crippen LogP contribution in [0, 0.1) is 0 Å². The highest BCUT2D eigenvalue weighted by Crippen LogP contribution is 2.29. The third kappa shape index (κ3) is 6.21. The van der Waals surface area contributed by atoms with Gasteiger partial charge in [-0.25, -0.2) is 0 Å². The summed E-state index contributed by atoms with van der Waals surface area (Å²) in [6.07, 6.45) is 7.87. The number of nitrogens with two attached hydrogens (primary N) is 1. The number of nitrogens with zero attached hydrogens (tertiary/aromatic N) is 1. The van der Waals surface area contributed by atoms with Crippen molar-refractivity contribution in [2.24, 2.45) is 5.73 Å². The molecule has 0 saturated heterocycles. The van der Waals surface area contributed by atoms with Crippen molar-refractivity contribution in [1.82, 2.24) is 4.90 Å². The molecule has 1 unspecified atom stereocenters. The standard InChI is InChI=1S/C21H23F3N2O5S/c22-21(23,24)32(28,29)31-18-5-4-16-7-10-26(13-17(16)12-18)9-1-2-19(25)20(27)6-3-15-8-11-30-14-15/h3-6,8,11-12,14,19H,1-2,7,9-10,13,25H2/b6-3+.